The van der Waals surface area contributed by atoms with E-state index in [0.29, 0.717) is 22.2 Å². The van der Waals surface area contributed by atoms with Gasteiger partial charge in [0.15, 0.2) is 0 Å². The van der Waals surface area contributed by atoms with E-state index in [1.807, 2.05) is 30.3 Å². The Hall–Kier alpha value is -2.81. The summed E-state index contributed by atoms with van der Waals surface area (Å²) in [6.07, 6.45) is 0.184. The van der Waals surface area contributed by atoms with Gasteiger partial charge in [0.2, 0.25) is 5.91 Å². The third-order valence-electron chi connectivity index (χ3n) is 6.33. The van der Waals surface area contributed by atoms with E-state index in [4.69, 9.17) is 23.2 Å². The fourth-order valence-electron chi connectivity index (χ4n) is 4.58. The third-order valence-corrected chi connectivity index (χ3v) is 7.14. The number of hydrogen-bond acceptors (Lipinski definition) is 5. The number of hydrazine groups is 1. The summed E-state index contributed by atoms with van der Waals surface area (Å²) in [7, 11) is 0. The zero-order valence-electron chi connectivity index (χ0n) is 17.9. The lowest BCUT2D eigenvalue weighted by molar-refractivity contribution is -0.123. The molecule has 3 heterocycles. The SMILES string of the molecule is O=C1CCN(N2Cc3cc(CN4CCN(c5cccc(Cl)c5Cl)CC4)ccc3C2=O)C(=O)N1. The van der Waals surface area contributed by atoms with Gasteiger partial charge in [-0.15, -0.1) is 0 Å². The summed E-state index contributed by atoms with van der Waals surface area (Å²) in [4.78, 5) is 41.0. The lowest BCUT2D eigenvalue weighted by Gasteiger charge is -2.36. The number of hydrogen-bond donors (Lipinski definition) is 1. The van der Waals surface area contributed by atoms with Gasteiger partial charge in [0.05, 0.1) is 28.8 Å². The fraction of sp³-hybridized carbons (Fsp3) is 0.348. The van der Waals surface area contributed by atoms with Crippen molar-refractivity contribution in [3.05, 3.63) is 63.1 Å². The van der Waals surface area contributed by atoms with Crippen LogP contribution in [0.1, 0.15) is 27.9 Å². The largest absolute Gasteiger partial charge is 0.368 e. The maximum atomic E-state index is 12.8. The molecule has 172 valence electrons. The molecular formula is C23H23Cl2N5O3. The number of carbonyl (C=O) groups excluding carboxylic acids is 3. The molecule has 0 bridgehead atoms. The zero-order valence-corrected chi connectivity index (χ0v) is 19.4. The summed E-state index contributed by atoms with van der Waals surface area (Å²) >= 11 is 12.5. The number of amides is 4. The molecule has 3 aliphatic heterocycles. The number of halogens is 2. The van der Waals surface area contributed by atoms with Gasteiger partial charge < -0.3 is 4.90 Å². The Morgan fingerprint density at radius 2 is 1.70 bits per heavy atom. The number of piperazine rings is 1. The maximum absolute atomic E-state index is 12.8. The molecule has 33 heavy (non-hydrogen) atoms. The van der Waals surface area contributed by atoms with E-state index in [-0.39, 0.29) is 24.8 Å². The van der Waals surface area contributed by atoms with Crippen LogP contribution in [0.25, 0.3) is 0 Å². The van der Waals surface area contributed by atoms with Crippen molar-refractivity contribution in [2.24, 2.45) is 0 Å². The summed E-state index contributed by atoms with van der Waals surface area (Å²) in [6.45, 7) is 4.76. The lowest BCUT2D eigenvalue weighted by Crippen LogP contribution is -2.56. The number of rotatable bonds is 4. The van der Waals surface area contributed by atoms with Gasteiger partial charge in [0, 0.05) is 44.7 Å². The molecule has 0 aliphatic carbocycles. The smallest absolute Gasteiger partial charge is 0.342 e. The Labute approximate surface area is 201 Å². The first-order chi connectivity index (χ1) is 15.9. The minimum Gasteiger partial charge on any atom is -0.368 e. The number of nitrogens with zero attached hydrogens (tertiary/aromatic N) is 4. The monoisotopic (exact) mass is 487 g/mol. The van der Waals surface area contributed by atoms with Gasteiger partial charge in [-0.3, -0.25) is 19.8 Å². The lowest BCUT2D eigenvalue weighted by atomic mass is 10.1. The van der Waals surface area contributed by atoms with Crippen molar-refractivity contribution in [2.45, 2.75) is 19.5 Å². The molecule has 1 N–H and O–H groups in total. The van der Waals surface area contributed by atoms with Crippen LogP contribution in [0.5, 0.6) is 0 Å². The van der Waals surface area contributed by atoms with Crippen LogP contribution in [0.4, 0.5) is 10.5 Å². The van der Waals surface area contributed by atoms with Gasteiger partial charge in [0.25, 0.3) is 5.91 Å². The van der Waals surface area contributed by atoms with E-state index in [1.54, 1.807) is 6.07 Å². The molecule has 2 aromatic rings. The molecule has 0 spiro atoms. The van der Waals surface area contributed by atoms with Crippen LogP contribution < -0.4 is 10.2 Å². The van der Waals surface area contributed by atoms with Crippen molar-refractivity contribution in [1.82, 2.24) is 20.2 Å². The molecule has 0 unspecified atom stereocenters. The Kier molecular flexibility index (Phi) is 5.90. The second-order valence-electron chi connectivity index (χ2n) is 8.42. The zero-order chi connectivity index (χ0) is 23.1. The molecule has 4 amide bonds. The predicted octanol–water partition coefficient (Wildman–Crippen LogP) is 3.13. The molecule has 0 radical (unpaired) electrons. The van der Waals surface area contributed by atoms with Crippen LogP contribution in [-0.4, -0.2) is 65.5 Å². The second kappa shape index (κ2) is 8.85. The van der Waals surface area contributed by atoms with E-state index in [1.165, 1.54) is 10.0 Å². The van der Waals surface area contributed by atoms with Crippen molar-refractivity contribution < 1.29 is 14.4 Å². The number of anilines is 1. The van der Waals surface area contributed by atoms with Gasteiger partial charge in [0.1, 0.15) is 0 Å². The average molecular weight is 488 g/mol. The van der Waals surface area contributed by atoms with Crippen LogP contribution in [-0.2, 0) is 17.9 Å². The van der Waals surface area contributed by atoms with E-state index < -0.39 is 6.03 Å². The number of nitrogens with one attached hydrogen (secondary N) is 1. The number of benzene rings is 2. The first-order valence-corrected chi connectivity index (χ1v) is 11.6. The maximum Gasteiger partial charge on any atom is 0.342 e. The summed E-state index contributed by atoms with van der Waals surface area (Å²) < 4.78 is 0. The van der Waals surface area contributed by atoms with Crippen LogP contribution in [0.15, 0.2) is 36.4 Å². The molecule has 0 saturated carbocycles. The van der Waals surface area contributed by atoms with Gasteiger partial charge >= 0.3 is 6.03 Å². The molecule has 0 atom stereocenters. The van der Waals surface area contributed by atoms with Crippen molar-refractivity contribution in [1.29, 1.82) is 0 Å². The van der Waals surface area contributed by atoms with Crippen LogP contribution in [0.2, 0.25) is 10.0 Å². The number of urea groups is 1. The third kappa shape index (κ3) is 4.26. The van der Waals surface area contributed by atoms with E-state index in [0.717, 1.165) is 49.5 Å². The number of fused-ring (bicyclic) bond motifs is 1. The summed E-state index contributed by atoms with van der Waals surface area (Å²) in [5.41, 5.74) is 3.58. The van der Waals surface area contributed by atoms with Gasteiger partial charge in [-0.2, -0.15) is 0 Å². The first kappa shape index (κ1) is 22.0. The summed E-state index contributed by atoms with van der Waals surface area (Å²) in [6, 6.07) is 11.0. The number of carbonyl (C=O) groups is 3. The Balaban J connectivity index is 1.22. The minimum absolute atomic E-state index is 0.184. The van der Waals surface area contributed by atoms with E-state index in [2.05, 4.69) is 15.1 Å². The Morgan fingerprint density at radius 1 is 0.909 bits per heavy atom. The molecule has 5 rings (SSSR count). The average Bonchev–Trinajstić information content (AvgIpc) is 3.12. The molecule has 8 nitrogen and oxygen atoms in total. The van der Waals surface area contributed by atoms with Crippen LogP contribution in [0.3, 0.4) is 0 Å². The van der Waals surface area contributed by atoms with Crippen molar-refractivity contribution in [3.63, 3.8) is 0 Å². The first-order valence-electron chi connectivity index (χ1n) is 10.9. The van der Waals surface area contributed by atoms with Gasteiger partial charge in [-0.05, 0) is 29.3 Å². The van der Waals surface area contributed by atoms with Crippen molar-refractivity contribution >= 4 is 46.7 Å². The topological polar surface area (TPSA) is 76.2 Å². The van der Waals surface area contributed by atoms with Crippen LogP contribution >= 0.6 is 23.2 Å². The molecule has 2 aromatic carbocycles. The molecule has 2 saturated heterocycles. The second-order valence-corrected chi connectivity index (χ2v) is 9.20. The number of imide groups is 1. The highest BCUT2D eigenvalue weighted by Gasteiger charge is 2.37. The molecule has 2 fully saturated rings. The van der Waals surface area contributed by atoms with E-state index >= 15 is 0 Å². The van der Waals surface area contributed by atoms with Crippen molar-refractivity contribution in [3.8, 4) is 0 Å². The fourth-order valence-corrected chi connectivity index (χ4v) is 4.99. The highest BCUT2D eigenvalue weighted by atomic mass is 35.5. The summed E-state index contributed by atoms with van der Waals surface area (Å²) in [5, 5.41) is 6.16. The normalized spacial score (nSPS) is 19.2. The molecule has 0 aromatic heterocycles. The van der Waals surface area contributed by atoms with Crippen molar-refractivity contribution in [2.75, 3.05) is 37.6 Å². The van der Waals surface area contributed by atoms with Crippen LogP contribution in [0, 0.1) is 0 Å². The standard InChI is InChI=1S/C23H23Cl2N5O3/c24-18-2-1-3-19(21(18)25)28-10-8-27(9-11-28)13-15-4-5-17-16(12-15)14-30(22(17)32)29-7-6-20(31)26-23(29)33/h1-5,12H,6-11,13-14H2,(H,26,31,33). The summed E-state index contributed by atoms with van der Waals surface area (Å²) in [5.74, 6) is -0.534. The molecule has 10 heteroatoms. The van der Waals surface area contributed by atoms with Gasteiger partial charge in [-0.25, -0.2) is 14.8 Å². The predicted molar refractivity (Wildman–Crippen MR) is 125 cm³/mol. The Morgan fingerprint density at radius 3 is 2.45 bits per heavy atom. The van der Waals surface area contributed by atoms with Gasteiger partial charge in [-0.1, -0.05) is 41.4 Å². The minimum atomic E-state index is -0.551. The highest BCUT2D eigenvalue weighted by Crippen LogP contribution is 2.33. The Bertz CT molecular complexity index is 1130. The molecule has 3 aliphatic rings. The van der Waals surface area contributed by atoms with E-state index in [9.17, 15) is 14.4 Å². The highest BCUT2D eigenvalue weighted by molar-refractivity contribution is 6.43. The quantitative estimate of drug-likeness (QED) is 0.716. The molecular weight excluding hydrogens is 465 g/mol.